The van der Waals surface area contributed by atoms with E-state index < -0.39 is 0 Å². The van der Waals surface area contributed by atoms with E-state index in [1.807, 2.05) is 18.2 Å². The number of hydrogen-bond donors (Lipinski definition) is 2. The van der Waals surface area contributed by atoms with Gasteiger partial charge in [0.25, 0.3) is 0 Å². The molecule has 2 N–H and O–H groups in total. The van der Waals surface area contributed by atoms with Gasteiger partial charge in [-0.2, -0.15) is 0 Å². The Balaban J connectivity index is 1.62. The van der Waals surface area contributed by atoms with Gasteiger partial charge in [-0.3, -0.25) is 9.59 Å². The van der Waals surface area contributed by atoms with Crippen LogP contribution in [0.2, 0.25) is 0 Å². The van der Waals surface area contributed by atoms with Gasteiger partial charge in [0.05, 0.1) is 25.1 Å². The largest absolute Gasteiger partial charge is 0.491 e. The lowest BCUT2D eigenvalue weighted by Gasteiger charge is -2.22. The minimum atomic E-state index is -0.0532. The Bertz CT molecular complexity index is 565. The molecule has 0 aromatic heterocycles. The minimum Gasteiger partial charge on any atom is -0.491 e. The number of amides is 2. The highest BCUT2D eigenvalue weighted by Crippen LogP contribution is 2.28. The molecule has 0 saturated heterocycles. The van der Waals surface area contributed by atoms with Gasteiger partial charge in [0.15, 0.2) is 0 Å². The number of anilines is 1. The summed E-state index contributed by atoms with van der Waals surface area (Å²) >= 11 is 0. The van der Waals surface area contributed by atoms with Crippen LogP contribution < -0.4 is 15.4 Å². The molecule has 0 radical (unpaired) electrons. The van der Waals surface area contributed by atoms with Crippen LogP contribution >= 0.6 is 0 Å². The molecule has 5 nitrogen and oxygen atoms in total. The molecule has 0 bridgehead atoms. The van der Waals surface area contributed by atoms with Crippen LogP contribution in [0.1, 0.15) is 44.1 Å². The first-order valence-electron chi connectivity index (χ1n) is 8.05. The zero-order valence-corrected chi connectivity index (χ0v) is 12.7. The molecule has 0 spiro atoms. The summed E-state index contributed by atoms with van der Waals surface area (Å²) in [5.41, 5.74) is 1.54. The van der Waals surface area contributed by atoms with Gasteiger partial charge in [0.1, 0.15) is 5.75 Å². The highest BCUT2D eigenvalue weighted by atomic mass is 16.5. The fraction of sp³-hybridized carbons (Fsp3) is 0.529. The van der Waals surface area contributed by atoms with Crippen molar-refractivity contribution >= 4 is 17.5 Å². The lowest BCUT2D eigenvalue weighted by Crippen LogP contribution is -2.37. The van der Waals surface area contributed by atoms with Crippen molar-refractivity contribution in [1.29, 1.82) is 0 Å². The number of nitrogens with one attached hydrogen (secondary N) is 2. The molecule has 2 amide bonds. The predicted molar refractivity (Wildman–Crippen MR) is 83.9 cm³/mol. The van der Waals surface area contributed by atoms with E-state index in [9.17, 15) is 9.59 Å². The normalized spacial score (nSPS) is 18.6. The molecular weight excluding hydrogens is 280 g/mol. The lowest BCUT2D eigenvalue weighted by molar-refractivity contribution is -0.121. The van der Waals surface area contributed by atoms with Gasteiger partial charge in [-0.25, -0.2) is 0 Å². The summed E-state index contributed by atoms with van der Waals surface area (Å²) in [5.74, 6) is 0.664. The maximum absolute atomic E-state index is 12.2. The Kier molecular flexibility index (Phi) is 4.61. The maximum atomic E-state index is 12.2. The Hall–Kier alpha value is -2.04. The van der Waals surface area contributed by atoms with E-state index in [0.717, 1.165) is 18.4 Å². The third-order valence-corrected chi connectivity index (χ3v) is 4.24. The van der Waals surface area contributed by atoms with Gasteiger partial charge < -0.3 is 15.4 Å². The quantitative estimate of drug-likeness (QED) is 0.901. The van der Waals surface area contributed by atoms with E-state index in [2.05, 4.69) is 10.6 Å². The number of benzene rings is 1. The van der Waals surface area contributed by atoms with Crippen molar-refractivity contribution in [2.45, 2.75) is 51.0 Å². The fourth-order valence-corrected chi connectivity index (χ4v) is 3.09. The Morgan fingerprint density at radius 3 is 2.91 bits per heavy atom. The Labute approximate surface area is 130 Å². The van der Waals surface area contributed by atoms with E-state index in [0.29, 0.717) is 36.9 Å². The third kappa shape index (κ3) is 3.78. The Morgan fingerprint density at radius 1 is 1.27 bits per heavy atom. The van der Waals surface area contributed by atoms with Crippen molar-refractivity contribution in [3.8, 4) is 5.75 Å². The summed E-state index contributed by atoms with van der Waals surface area (Å²) in [7, 11) is 0. The van der Waals surface area contributed by atoms with Crippen LogP contribution in [0.15, 0.2) is 18.2 Å². The van der Waals surface area contributed by atoms with Crippen molar-refractivity contribution in [3.63, 3.8) is 0 Å². The third-order valence-electron chi connectivity index (χ3n) is 4.24. The molecule has 1 aliphatic heterocycles. The van der Waals surface area contributed by atoms with Crippen LogP contribution in [0, 0.1) is 0 Å². The molecule has 22 heavy (non-hydrogen) atoms. The summed E-state index contributed by atoms with van der Waals surface area (Å²) in [6.07, 6.45) is 6.53. The molecule has 1 saturated carbocycles. The van der Waals surface area contributed by atoms with Crippen LogP contribution in [-0.2, 0) is 16.0 Å². The molecule has 3 rings (SSSR count). The van der Waals surface area contributed by atoms with E-state index in [-0.39, 0.29) is 11.8 Å². The number of carbonyl (C=O) groups is 2. The molecule has 5 heteroatoms. The zero-order valence-electron chi connectivity index (χ0n) is 12.7. The van der Waals surface area contributed by atoms with E-state index in [1.165, 1.54) is 19.3 Å². The number of ether oxygens (including phenoxy) is 1. The first kappa shape index (κ1) is 14.9. The maximum Gasteiger partial charge on any atom is 0.227 e. The molecule has 2 aliphatic rings. The number of carbonyl (C=O) groups excluding carboxylic acids is 2. The number of fused-ring (bicyclic) bond motifs is 1. The molecule has 0 atom stereocenters. The van der Waals surface area contributed by atoms with Gasteiger partial charge in [-0.05, 0) is 30.5 Å². The van der Waals surface area contributed by atoms with Crippen molar-refractivity contribution in [2.75, 3.05) is 11.9 Å². The first-order valence-corrected chi connectivity index (χ1v) is 8.05. The van der Waals surface area contributed by atoms with Crippen molar-refractivity contribution in [1.82, 2.24) is 5.32 Å². The standard InChI is InChI=1S/C17H22N2O3/c20-16-8-9-22-15-7-6-12(10-14(15)19-16)11-17(21)18-13-4-2-1-3-5-13/h6-7,10,13H,1-5,8-9,11H2,(H,18,21)(H,19,20). The van der Waals surface area contributed by atoms with Crippen LogP contribution in [0.4, 0.5) is 5.69 Å². The average Bonchev–Trinajstić information content (AvgIpc) is 2.68. The first-order chi connectivity index (χ1) is 10.7. The van der Waals surface area contributed by atoms with Crippen molar-refractivity contribution < 1.29 is 14.3 Å². The van der Waals surface area contributed by atoms with Crippen LogP contribution in [0.3, 0.4) is 0 Å². The zero-order chi connectivity index (χ0) is 15.4. The van der Waals surface area contributed by atoms with E-state index in [4.69, 9.17) is 4.74 Å². The second-order valence-corrected chi connectivity index (χ2v) is 6.06. The van der Waals surface area contributed by atoms with Crippen LogP contribution in [0.5, 0.6) is 5.75 Å². The van der Waals surface area contributed by atoms with Gasteiger partial charge >= 0.3 is 0 Å². The monoisotopic (exact) mass is 302 g/mol. The van der Waals surface area contributed by atoms with Gasteiger partial charge in [0.2, 0.25) is 11.8 Å². The fourth-order valence-electron chi connectivity index (χ4n) is 3.09. The molecule has 1 fully saturated rings. The molecular formula is C17H22N2O3. The van der Waals surface area contributed by atoms with E-state index >= 15 is 0 Å². The molecule has 0 unspecified atom stereocenters. The summed E-state index contributed by atoms with van der Waals surface area (Å²) in [4.78, 5) is 23.7. The van der Waals surface area contributed by atoms with Gasteiger partial charge in [-0.15, -0.1) is 0 Å². The summed E-state index contributed by atoms with van der Waals surface area (Å²) in [6.45, 7) is 0.389. The van der Waals surface area contributed by atoms with Crippen molar-refractivity contribution in [2.24, 2.45) is 0 Å². The average molecular weight is 302 g/mol. The SMILES string of the molecule is O=C1CCOc2ccc(CC(=O)NC3CCCCC3)cc2N1. The highest BCUT2D eigenvalue weighted by molar-refractivity contribution is 5.93. The second-order valence-electron chi connectivity index (χ2n) is 6.06. The van der Waals surface area contributed by atoms with Crippen LogP contribution in [-0.4, -0.2) is 24.5 Å². The second kappa shape index (κ2) is 6.81. The van der Waals surface area contributed by atoms with E-state index in [1.54, 1.807) is 0 Å². The van der Waals surface area contributed by atoms with Crippen molar-refractivity contribution in [3.05, 3.63) is 23.8 Å². The number of hydrogen-bond acceptors (Lipinski definition) is 3. The summed E-state index contributed by atoms with van der Waals surface area (Å²) in [6, 6.07) is 5.87. The molecule has 1 aromatic carbocycles. The molecule has 1 heterocycles. The van der Waals surface area contributed by atoms with Crippen LogP contribution in [0.25, 0.3) is 0 Å². The van der Waals surface area contributed by atoms with Gasteiger partial charge in [0, 0.05) is 6.04 Å². The molecule has 1 aromatic rings. The Morgan fingerprint density at radius 2 is 2.09 bits per heavy atom. The topological polar surface area (TPSA) is 67.4 Å². The lowest BCUT2D eigenvalue weighted by atomic mass is 9.95. The van der Waals surface area contributed by atoms with Gasteiger partial charge in [-0.1, -0.05) is 25.3 Å². The highest BCUT2D eigenvalue weighted by Gasteiger charge is 2.17. The smallest absolute Gasteiger partial charge is 0.227 e. The molecule has 1 aliphatic carbocycles. The molecule has 118 valence electrons. The predicted octanol–water partition coefficient (Wildman–Crippen LogP) is 2.40. The number of rotatable bonds is 3. The summed E-state index contributed by atoms with van der Waals surface area (Å²) < 4.78 is 5.52. The summed E-state index contributed by atoms with van der Waals surface area (Å²) in [5, 5.41) is 5.93. The minimum absolute atomic E-state index is 0.0488.